The topological polar surface area (TPSA) is 79.5 Å². The van der Waals surface area contributed by atoms with Crippen LogP contribution in [0.15, 0.2) is 42.6 Å². The molecule has 3 aromatic heterocycles. The fourth-order valence-corrected chi connectivity index (χ4v) is 7.15. The van der Waals surface area contributed by atoms with Gasteiger partial charge in [0.15, 0.2) is 5.82 Å². The summed E-state index contributed by atoms with van der Waals surface area (Å²) in [4.78, 5) is 18.9. The zero-order valence-corrected chi connectivity index (χ0v) is 23.5. The molecule has 3 aliphatic rings. The number of fused-ring (bicyclic) bond motifs is 4. The average Bonchev–Trinajstić information content (AvgIpc) is 3.70. The Hall–Kier alpha value is -4.59. The first-order valence-electron chi connectivity index (χ1n) is 14.4. The molecule has 8 nitrogen and oxygen atoms in total. The van der Waals surface area contributed by atoms with E-state index in [0.29, 0.717) is 59.4 Å². The average molecular weight is 579 g/mol. The lowest BCUT2D eigenvalue weighted by Gasteiger charge is -2.22. The van der Waals surface area contributed by atoms with Gasteiger partial charge in [-0.25, -0.2) is 18.7 Å². The molecule has 5 aromatic rings. The lowest BCUT2D eigenvalue weighted by molar-refractivity contribution is 0.0856. The van der Waals surface area contributed by atoms with Crippen molar-refractivity contribution in [1.82, 2.24) is 24.4 Å². The van der Waals surface area contributed by atoms with Crippen LogP contribution in [-0.4, -0.2) is 69.4 Å². The molecule has 0 unspecified atom stereocenters. The highest BCUT2D eigenvalue weighted by Gasteiger charge is 2.40. The normalized spacial score (nSPS) is 20.1. The second-order valence-corrected chi connectivity index (χ2v) is 11.8. The molecule has 3 aliphatic heterocycles. The number of ether oxygens (including phenoxy) is 1. The molecule has 43 heavy (non-hydrogen) atoms. The van der Waals surface area contributed by atoms with Crippen molar-refractivity contribution in [3.8, 4) is 40.7 Å². The van der Waals surface area contributed by atoms with Gasteiger partial charge in [0.05, 0.1) is 24.5 Å². The van der Waals surface area contributed by atoms with Gasteiger partial charge in [0, 0.05) is 61.0 Å². The number of halogens is 2. The molecule has 8 rings (SSSR count). The summed E-state index contributed by atoms with van der Waals surface area (Å²) < 4.78 is 39.4. The minimum atomic E-state index is -0.686. The molecular formula is C33H28F2N6O2. The smallest absolute Gasteiger partial charge is 0.226 e. The molecule has 6 heterocycles. The number of rotatable bonds is 3. The van der Waals surface area contributed by atoms with E-state index >= 15 is 4.39 Å². The predicted molar refractivity (Wildman–Crippen MR) is 160 cm³/mol. The molecule has 2 aromatic carbocycles. The van der Waals surface area contributed by atoms with E-state index in [1.54, 1.807) is 6.20 Å². The molecule has 2 atom stereocenters. The standard InChI is InChI=1S/C33H28F2N6O2/c1-3-23-26(34)6-4-18-10-22(42)11-24(28(18)23)31-29(35)32-25(12-36-31)30(27-7-5-21-17-43-9-8-41(21)27)37-33(38-32)40-15-19-13-39(2)14-20(19)16-40/h1,4-7,10-12,19-20,42H,8-9,13-17H2,2H3/t19-,20+. The van der Waals surface area contributed by atoms with Crippen molar-refractivity contribution in [2.45, 2.75) is 13.2 Å². The molecule has 0 spiro atoms. The molecule has 1 N–H and O–H groups in total. The minimum Gasteiger partial charge on any atom is -0.508 e. The van der Waals surface area contributed by atoms with Gasteiger partial charge in [0.25, 0.3) is 0 Å². The number of nitrogens with zero attached hydrogens (tertiary/aromatic N) is 6. The molecule has 10 heteroatoms. The van der Waals surface area contributed by atoms with Crippen LogP contribution in [0.25, 0.3) is 44.3 Å². The van der Waals surface area contributed by atoms with Crippen molar-refractivity contribution < 1.29 is 18.6 Å². The van der Waals surface area contributed by atoms with Crippen LogP contribution in [0.2, 0.25) is 0 Å². The maximum Gasteiger partial charge on any atom is 0.226 e. The Morgan fingerprint density at radius 1 is 1.02 bits per heavy atom. The van der Waals surface area contributed by atoms with Crippen LogP contribution < -0.4 is 4.90 Å². The Kier molecular flexibility index (Phi) is 5.90. The zero-order valence-electron chi connectivity index (χ0n) is 23.5. The summed E-state index contributed by atoms with van der Waals surface area (Å²) >= 11 is 0. The van der Waals surface area contributed by atoms with Gasteiger partial charge < -0.3 is 24.2 Å². The van der Waals surface area contributed by atoms with Crippen molar-refractivity contribution in [2.75, 3.05) is 44.7 Å². The summed E-state index contributed by atoms with van der Waals surface area (Å²) in [5, 5.41) is 11.8. The molecule has 0 amide bonds. The van der Waals surface area contributed by atoms with Gasteiger partial charge >= 0.3 is 0 Å². The van der Waals surface area contributed by atoms with Crippen LogP contribution in [0.4, 0.5) is 14.7 Å². The van der Waals surface area contributed by atoms with E-state index in [1.807, 2.05) is 12.1 Å². The summed E-state index contributed by atoms with van der Waals surface area (Å²) in [6.07, 6.45) is 7.25. The molecule has 2 saturated heterocycles. The number of phenolic OH excluding ortho intramolecular Hbond substituents is 1. The summed E-state index contributed by atoms with van der Waals surface area (Å²) in [5.41, 5.74) is 2.67. The van der Waals surface area contributed by atoms with Crippen molar-refractivity contribution in [3.63, 3.8) is 0 Å². The SMILES string of the molecule is C#Cc1c(F)ccc2cc(O)cc(-c3ncc4c(-c5ccc6n5CCOC6)nc(N5C[C@H]6CN(C)C[C@H]6C5)nc4c3F)c12. The first-order chi connectivity index (χ1) is 20.9. The molecule has 0 aliphatic carbocycles. The number of pyridine rings is 1. The first-order valence-corrected chi connectivity index (χ1v) is 14.4. The van der Waals surface area contributed by atoms with Crippen molar-refractivity contribution >= 4 is 27.6 Å². The Morgan fingerprint density at radius 3 is 2.63 bits per heavy atom. The predicted octanol–water partition coefficient (Wildman–Crippen LogP) is 4.81. The number of likely N-dealkylation sites (tertiary alicyclic amines) is 1. The quantitative estimate of drug-likeness (QED) is 0.308. The molecular weight excluding hydrogens is 550 g/mol. The lowest BCUT2D eigenvalue weighted by atomic mass is 9.95. The number of anilines is 1. The summed E-state index contributed by atoms with van der Waals surface area (Å²) in [7, 11) is 2.14. The second kappa shape index (κ2) is 9.73. The van der Waals surface area contributed by atoms with Crippen molar-refractivity contribution in [3.05, 3.63) is 65.5 Å². The van der Waals surface area contributed by atoms with Crippen LogP contribution >= 0.6 is 0 Å². The Labute approximate surface area is 246 Å². The second-order valence-electron chi connectivity index (χ2n) is 11.8. The van der Waals surface area contributed by atoms with Gasteiger partial charge in [-0.05, 0) is 54.6 Å². The van der Waals surface area contributed by atoms with Gasteiger partial charge in [-0.15, -0.1) is 6.42 Å². The van der Waals surface area contributed by atoms with E-state index in [4.69, 9.17) is 21.1 Å². The van der Waals surface area contributed by atoms with E-state index in [1.165, 1.54) is 24.3 Å². The van der Waals surface area contributed by atoms with Gasteiger partial charge in [-0.2, -0.15) is 0 Å². The van der Waals surface area contributed by atoms with Gasteiger partial charge in [0.1, 0.15) is 28.5 Å². The third-order valence-electron chi connectivity index (χ3n) is 9.10. The number of benzene rings is 2. The third kappa shape index (κ3) is 4.07. The molecule has 0 radical (unpaired) electrons. The zero-order chi connectivity index (χ0) is 29.4. The number of hydrogen-bond acceptors (Lipinski definition) is 7. The molecule has 2 fully saturated rings. The minimum absolute atomic E-state index is 0.0199. The highest BCUT2D eigenvalue weighted by Crippen LogP contribution is 2.40. The summed E-state index contributed by atoms with van der Waals surface area (Å²) in [5.74, 6) is 2.45. The monoisotopic (exact) mass is 578 g/mol. The number of terminal acetylenes is 1. The summed E-state index contributed by atoms with van der Waals surface area (Å²) in [6.45, 7) is 5.33. The van der Waals surface area contributed by atoms with Gasteiger partial charge in [0.2, 0.25) is 5.95 Å². The molecule has 0 bridgehead atoms. The van der Waals surface area contributed by atoms with E-state index in [9.17, 15) is 9.50 Å². The first kappa shape index (κ1) is 26.1. The number of aromatic hydroxyl groups is 1. The number of hydrogen-bond donors (Lipinski definition) is 1. The molecule has 0 saturated carbocycles. The number of aromatic nitrogens is 4. The Balaban J connectivity index is 1.36. The van der Waals surface area contributed by atoms with Crippen LogP contribution in [-0.2, 0) is 17.9 Å². The van der Waals surface area contributed by atoms with Crippen LogP contribution in [0.5, 0.6) is 5.75 Å². The van der Waals surface area contributed by atoms with E-state index in [0.717, 1.165) is 37.6 Å². The maximum atomic E-state index is 16.8. The highest BCUT2D eigenvalue weighted by atomic mass is 19.1. The summed E-state index contributed by atoms with van der Waals surface area (Å²) in [6, 6.07) is 9.57. The van der Waals surface area contributed by atoms with Gasteiger partial charge in [-0.3, -0.25) is 4.98 Å². The maximum absolute atomic E-state index is 16.8. The van der Waals surface area contributed by atoms with Crippen LogP contribution in [0.3, 0.4) is 0 Å². The highest BCUT2D eigenvalue weighted by molar-refractivity contribution is 6.03. The third-order valence-corrected chi connectivity index (χ3v) is 9.10. The fourth-order valence-electron chi connectivity index (χ4n) is 7.15. The van der Waals surface area contributed by atoms with Crippen molar-refractivity contribution in [2.24, 2.45) is 11.8 Å². The fraction of sp³-hybridized carbons (Fsp3) is 0.303. The van der Waals surface area contributed by atoms with Gasteiger partial charge in [-0.1, -0.05) is 12.0 Å². The Bertz CT molecular complexity index is 1990. The Morgan fingerprint density at radius 2 is 1.84 bits per heavy atom. The van der Waals surface area contributed by atoms with Crippen LogP contribution in [0.1, 0.15) is 11.3 Å². The molecule has 216 valence electrons. The number of phenols is 1. The van der Waals surface area contributed by atoms with E-state index < -0.39 is 11.6 Å². The van der Waals surface area contributed by atoms with E-state index in [2.05, 4.69) is 32.3 Å². The van der Waals surface area contributed by atoms with Crippen molar-refractivity contribution in [1.29, 1.82) is 0 Å². The largest absolute Gasteiger partial charge is 0.508 e. The van der Waals surface area contributed by atoms with E-state index in [-0.39, 0.29) is 28.1 Å². The lowest BCUT2D eigenvalue weighted by Crippen LogP contribution is -2.28. The van der Waals surface area contributed by atoms with Crippen LogP contribution in [0, 0.1) is 35.8 Å².